The molecule has 15 heavy (non-hydrogen) atoms. The Hall–Kier alpha value is -0.830. The molecule has 1 N–H and O–H groups in total. The first-order chi connectivity index (χ1) is 7.07. The van der Waals surface area contributed by atoms with Crippen LogP contribution in [0.25, 0.3) is 0 Å². The zero-order chi connectivity index (χ0) is 10.9. The molecule has 1 fully saturated rings. The average molecular weight is 208 g/mol. The van der Waals surface area contributed by atoms with E-state index in [2.05, 4.69) is 31.1 Å². The molecule has 0 radical (unpaired) electrons. The fourth-order valence-corrected chi connectivity index (χ4v) is 1.89. The highest BCUT2D eigenvalue weighted by atomic mass is 16.3. The monoisotopic (exact) mass is 208 g/mol. The molecule has 2 heterocycles. The molecule has 0 saturated carbocycles. The van der Waals surface area contributed by atoms with Crippen molar-refractivity contribution in [1.82, 2.24) is 10.3 Å². The molecule has 84 valence electrons. The largest absolute Gasteiger partial charge is 0.448 e. The predicted octanol–water partition coefficient (Wildman–Crippen LogP) is 2.44. The molecule has 1 aromatic heterocycles. The van der Waals surface area contributed by atoms with Crippen LogP contribution in [0.5, 0.6) is 0 Å². The van der Waals surface area contributed by atoms with Gasteiger partial charge in [-0.15, -0.1) is 0 Å². The van der Waals surface area contributed by atoms with Gasteiger partial charge in [0.15, 0.2) is 5.89 Å². The molecule has 0 bridgehead atoms. The maximum Gasteiger partial charge on any atom is 0.197 e. The minimum Gasteiger partial charge on any atom is -0.448 e. The lowest BCUT2D eigenvalue weighted by atomic mass is 9.93. The second kappa shape index (κ2) is 3.97. The van der Waals surface area contributed by atoms with Gasteiger partial charge in [-0.3, -0.25) is 0 Å². The molecule has 0 spiro atoms. The van der Waals surface area contributed by atoms with Gasteiger partial charge in [0.25, 0.3) is 0 Å². The Kier molecular flexibility index (Phi) is 2.83. The Bertz CT molecular complexity index is 319. The fraction of sp³-hybridized carbons (Fsp3) is 0.750. The zero-order valence-electron chi connectivity index (χ0n) is 9.84. The van der Waals surface area contributed by atoms with Crippen LogP contribution in [0.3, 0.4) is 0 Å². The summed E-state index contributed by atoms with van der Waals surface area (Å²) in [6, 6.07) is 0. The van der Waals surface area contributed by atoms with Crippen LogP contribution < -0.4 is 5.32 Å². The molecule has 2 rings (SSSR count). The first-order valence-corrected chi connectivity index (χ1v) is 5.74. The topological polar surface area (TPSA) is 38.1 Å². The fourth-order valence-electron chi connectivity index (χ4n) is 1.89. The summed E-state index contributed by atoms with van der Waals surface area (Å²) < 4.78 is 5.59. The number of nitrogens with zero attached hydrogens (tertiary/aromatic N) is 1. The van der Waals surface area contributed by atoms with E-state index in [1.54, 1.807) is 0 Å². The summed E-state index contributed by atoms with van der Waals surface area (Å²) in [5, 5.41) is 3.35. The lowest BCUT2D eigenvalue weighted by Gasteiger charge is -2.19. The summed E-state index contributed by atoms with van der Waals surface area (Å²) >= 11 is 0. The number of hydrogen-bond donors (Lipinski definition) is 1. The molecule has 0 atom stereocenters. The van der Waals surface area contributed by atoms with Crippen molar-refractivity contribution in [1.29, 1.82) is 0 Å². The molecule has 0 amide bonds. The van der Waals surface area contributed by atoms with Crippen LogP contribution in [0.15, 0.2) is 10.7 Å². The van der Waals surface area contributed by atoms with Crippen molar-refractivity contribution >= 4 is 0 Å². The third kappa shape index (κ3) is 2.40. The van der Waals surface area contributed by atoms with Crippen molar-refractivity contribution < 1.29 is 4.42 Å². The number of aromatic nitrogens is 1. The SMILES string of the molecule is CC(C)(C)c1coc(C2CCNCC2)n1. The van der Waals surface area contributed by atoms with E-state index in [0.717, 1.165) is 37.5 Å². The lowest BCUT2D eigenvalue weighted by molar-refractivity contribution is 0.374. The van der Waals surface area contributed by atoms with Crippen LogP contribution in [0, 0.1) is 0 Å². The minimum absolute atomic E-state index is 0.0919. The van der Waals surface area contributed by atoms with Crippen molar-refractivity contribution in [3.63, 3.8) is 0 Å². The average Bonchev–Trinajstić information content (AvgIpc) is 2.67. The summed E-state index contributed by atoms with van der Waals surface area (Å²) in [5.74, 6) is 1.45. The van der Waals surface area contributed by atoms with Crippen LogP contribution >= 0.6 is 0 Å². The summed E-state index contributed by atoms with van der Waals surface area (Å²) in [4.78, 5) is 4.61. The zero-order valence-corrected chi connectivity index (χ0v) is 9.84. The highest BCUT2D eigenvalue weighted by Gasteiger charge is 2.23. The van der Waals surface area contributed by atoms with E-state index in [4.69, 9.17) is 4.42 Å². The summed E-state index contributed by atoms with van der Waals surface area (Å²) in [7, 11) is 0. The Balaban J connectivity index is 2.12. The van der Waals surface area contributed by atoms with E-state index in [0.29, 0.717) is 5.92 Å². The normalized spacial score (nSPS) is 19.4. The van der Waals surface area contributed by atoms with Gasteiger partial charge in [-0.1, -0.05) is 20.8 Å². The molecular formula is C12H20N2O. The van der Waals surface area contributed by atoms with Crippen molar-refractivity contribution in [2.24, 2.45) is 0 Å². The van der Waals surface area contributed by atoms with Crippen molar-refractivity contribution in [3.05, 3.63) is 17.8 Å². The van der Waals surface area contributed by atoms with Crippen LogP contribution in [-0.4, -0.2) is 18.1 Å². The Morgan fingerprint density at radius 2 is 2.00 bits per heavy atom. The number of hydrogen-bond acceptors (Lipinski definition) is 3. The standard InChI is InChI=1S/C12H20N2O/c1-12(2,3)10-8-15-11(14-10)9-4-6-13-7-5-9/h8-9,13H,4-7H2,1-3H3. The number of rotatable bonds is 1. The van der Waals surface area contributed by atoms with E-state index in [1.807, 2.05) is 6.26 Å². The maximum absolute atomic E-state index is 5.59. The number of oxazole rings is 1. The van der Waals surface area contributed by atoms with Gasteiger partial charge in [-0.25, -0.2) is 4.98 Å². The van der Waals surface area contributed by atoms with Crippen molar-refractivity contribution in [2.75, 3.05) is 13.1 Å². The van der Waals surface area contributed by atoms with E-state index in [9.17, 15) is 0 Å². The van der Waals surface area contributed by atoms with E-state index >= 15 is 0 Å². The second-order valence-electron chi connectivity index (χ2n) is 5.35. The summed E-state index contributed by atoms with van der Waals surface area (Å²) in [6.45, 7) is 8.65. The van der Waals surface area contributed by atoms with E-state index in [-0.39, 0.29) is 5.41 Å². The van der Waals surface area contributed by atoms with Crippen LogP contribution in [-0.2, 0) is 5.41 Å². The van der Waals surface area contributed by atoms with E-state index < -0.39 is 0 Å². The van der Waals surface area contributed by atoms with Gasteiger partial charge in [0.2, 0.25) is 0 Å². The first kappa shape index (κ1) is 10.7. The second-order valence-corrected chi connectivity index (χ2v) is 5.35. The Labute approximate surface area is 91.3 Å². The molecule has 0 unspecified atom stereocenters. The van der Waals surface area contributed by atoms with Crippen LogP contribution in [0.2, 0.25) is 0 Å². The maximum atomic E-state index is 5.59. The molecular weight excluding hydrogens is 188 g/mol. The highest BCUT2D eigenvalue weighted by Crippen LogP contribution is 2.28. The molecule has 1 saturated heterocycles. The van der Waals surface area contributed by atoms with Crippen molar-refractivity contribution in [3.8, 4) is 0 Å². The Morgan fingerprint density at radius 1 is 1.33 bits per heavy atom. The molecule has 3 heteroatoms. The van der Waals surface area contributed by atoms with Crippen LogP contribution in [0.1, 0.15) is 51.1 Å². The summed E-state index contributed by atoms with van der Waals surface area (Å²) in [5.41, 5.74) is 1.16. The molecule has 0 aromatic carbocycles. The molecule has 0 aliphatic carbocycles. The third-order valence-corrected chi connectivity index (χ3v) is 2.98. The molecule has 1 aliphatic rings. The third-order valence-electron chi connectivity index (χ3n) is 2.98. The number of nitrogens with one attached hydrogen (secondary N) is 1. The van der Waals surface area contributed by atoms with Gasteiger partial charge in [0.1, 0.15) is 6.26 Å². The minimum atomic E-state index is 0.0919. The molecule has 1 aromatic rings. The Morgan fingerprint density at radius 3 is 2.53 bits per heavy atom. The van der Waals surface area contributed by atoms with Gasteiger partial charge in [0.05, 0.1) is 5.69 Å². The van der Waals surface area contributed by atoms with Gasteiger partial charge in [0, 0.05) is 11.3 Å². The van der Waals surface area contributed by atoms with Gasteiger partial charge < -0.3 is 9.73 Å². The van der Waals surface area contributed by atoms with Crippen LogP contribution in [0.4, 0.5) is 0 Å². The molecule has 1 aliphatic heterocycles. The lowest BCUT2D eigenvalue weighted by Crippen LogP contribution is -2.26. The number of piperidine rings is 1. The molecule has 3 nitrogen and oxygen atoms in total. The van der Waals surface area contributed by atoms with E-state index in [1.165, 1.54) is 0 Å². The smallest absolute Gasteiger partial charge is 0.197 e. The highest BCUT2D eigenvalue weighted by molar-refractivity contribution is 5.10. The predicted molar refractivity (Wildman–Crippen MR) is 60.0 cm³/mol. The first-order valence-electron chi connectivity index (χ1n) is 5.74. The van der Waals surface area contributed by atoms with Gasteiger partial charge >= 0.3 is 0 Å². The van der Waals surface area contributed by atoms with Gasteiger partial charge in [-0.2, -0.15) is 0 Å². The van der Waals surface area contributed by atoms with Gasteiger partial charge in [-0.05, 0) is 25.9 Å². The quantitative estimate of drug-likeness (QED) is 0.770. The van der Waals surface area contributed by atoms with Crippen molar-refractivity contribution in [2.45, 2.75) is 44.9 Å². The summed E-state index contributed by atoms with van der Waals surface area (Å²) in [6.07, 6.45) is 4.10.